The number of furan rings is 1. The van der Waals surface area contributed by atoms with Crippen LogP contribution in [0.4, 0.5) is 0 Å². The van der Waals surface area contributed by atoms with E-state index < -0.39 is 0 Å². The first-order valence-electron chi connectivity index (χ1n) is 7.18. The van der Waals surface area contributed by atoms with Crippen molar-refractivity contribution in [3.63, 3.8) is 0 Å². The van der Waals surface area contributed by atoms with Crippen LogP contribution in [0.1, 0.15) is 43.7 Å². The Bertz CT molecular complexity index is 587. The largest absolute Gasteiger partial charge is 0.487 e. The summed E-state index contributed by atoms with van der Waals surface area (Å²) >= 11 is 0. The van der Waals surface area contributed by atoms with Crippen molar-refractivity contribution in [2.75, 3.05) is 6.54 Å². The molecule has 1 aliphatic heterocycles. The molecule has 0 fully saturated rings. The van der Waals surface area contributed by atoms with Crippen LogP contribution in [0.3, 0.4) is 0 Å². The fourth-order valence-electron chi connectivity index (χ4n) is 2.85. The number of benzene rings is 1. The van der Waals surface area contributed by atoms with Gasteiger partial charge in [-0.2, -0.15) is 0 Å². The van der Waals surface area contributed by atoms with Gasteiger partial charge >= 0.3 is 0 Å². The van der Waals surface area contributed by atoms with E-state index >= 15 is 0 Å². The van der Waals surface area contributed by atoms with Gasteiger partial charge in [-0.3, -0.25) is 0 Å². The number of rotatable bonds is 4. The number of fused-ring (bicyclic) bond motifs is 1. The summed E-state index contributed by atoms with van der Waals surface area (Å²) in [6.45, 7) is 7.25. The molecule has 2 heterocycles. The molecule has 3 heteroatoms. The van der Waals surface area contributed by atoms with Gasteiger partial charge in [0.2, 0.25) is 0 Å². The number of nitrogens with one attached hydrogen (secondary N) is 1. The Morgan fingerprint density at radius 1 is 1.30 bits per heavy atom. The Morgan fingerprint density at radius 3 is 2.85 bits per heavy atom. The summed E-state index contributed by atoms with van der Waals surface area (Å²) in [7, 11) is 0. The summed E-state index contributed by atoms with van der Waals surface area (Å²) in [4.78, 5) is 0. The third-order valence-electron chi connectivity index (χ3n) is 3.66. The van der Waals surface area contributed by atoms with Crippen LogP contribution in [0.15, 0.2) is 41.0 Å². The summed E-state index contributed by atoms with van der Waals surface area (Å²) in [6.07, 6.45) is 2.67. The third-order valence-corrected chi connectivity index (χ3v) is 3.66. The average molecular weight is 271 g/mol. The molecular formula is C17H21NO2. The number of hydrogen-bond donors (Lipinski definition) is 1. The molecule has 1 atom stereocenters. The smallest absolute Gasteiger partial charge is 0.125 e. The molecule has 0 radical (unpaired) electrons. The van der Waals surface area contributed by atoms with Crippen molar-refractivity contribution in [1.29, 1.82) is 0 Å². The Morgan fingerprint density at radius 2 is 2.15 bits per heavy atom. The van der Waals surface area contributed by atoms with Crippen molar-refractivity contribution in [3.05, 3.63) is 53.5 Å². The standard InChI is InChI=1S/C17H21NO2/c1-4-18-16(15-6-5-9-19-15)12-7-8-14-13(10-12)11-17(2,3)20-14/h5-10,16,18H,4,11H2,1-3H3. The van der Waals surface area contributed by atoms with Crippen molar-refractivity contribution in [2.45, 2.75) is 38.8 Å². The molecular weight excluding hydrogens is 250 g/mol. The second-order valence-corrected chi connectivity index (χ2v) is 5.91. The van der Waals surface area contributed by atoms with Gasteiger partial charge in [-0.25, -0.2) is 0 Å². The molecule has 20 heavy (non-hydrogen) atoms. The van der Waals surface area contributed by atoms with Crippen LogP contribution < -0.4 is 10.1 Å². The Hall–Kier alpha value is -1.74. The fraction of sp³-hybridized carbons (Fsp3) is 0.412. The molecule has 106 valence electrons. The van der Waals surface area contributed by atoms with E-state index in [1.165, 1.54) is 11.1 Å². The highest BCUT2D eigenvalue weighted by Gasteiger charge is 2.30. The van der Waals surface area contributed by atoms with E-state index in [2.05, 4.69) is 44.3 Å². The lowest BCUT2D eigenvalue weighted by Crippen LogP contribution is -2.24. The molecule has 0 saturated carbocycles. The Labute approximate surface area is 119 Å². The van der Waals surface area contributed by atoms with Crippen LogP contribution >= 0.6 is 0 Å². The zero-order valence-corrected chi connectivity index (χ0v) is 12.3. The first-order chi connectivity index (χ1) is 9.59. The van der Waals surface area contributed by atoms with Crippen molar-refractivity contribution < 1.29 is 9.15 Å². The van der Waals surface area contributed by atoms with Gasteiger partial charge < -0.3 is 14.5 Å². The molecule has 0 amide bonds. The molecule has 3 rings (SSSR count). The van der Waals surface area contributed by atoms with Crippen LogP contribution in [-0.2, 0) is 6.42 Å². The molecule has 1 aromatic carbocycles. The first-order valence-corrected chi connectivity index (χ1v) is 7.18. The predicted octanol–water partition coefficient (Wildman–Crippen LogP) is 3.69. The normalized spacial score (nSPS) is 17.6. The molecule has 0 spiro atoms. The molecule has 1 aromatic heterocycles. The van der Waals surface area contributed by atoms with Gasteiger partial charge in [-0.1, -0.05) is 13.0 Å². The maximum absolute atomic E-state index is 5.94. The maximum Gasteiger partial charge on any atom is 0.125 e. The summed E-state index contributed by atoms with van der Waals surface area (Å²) in [5, 5.41) is 3.48. The van der Waals surface area contributed by atoms with E-state index in [0.717, 1.165) is 24.5 Å². The van der Waals surface area contributed by atoms with Gasteiger partial charge in [0.1, 0.15) is 17.1 Å². The van der Waals surface area contributed by atoms with Gasteiger partial charge in [0.25, 0.3) is 0 Å². The van der Waals surface area contributed by atoms with Crippen molar-refractivity contribution >= 4 is 0 Å². The van der Waals surface area contributed by atoms with E-state index in [-0.39, 0.29) is 11.6 Å². The summed E-state index contributed by atoms with van der Waals surface area (Å²) in [5.41, 5.74) is 2.41. The van der Waals surface area contributed by atoms with Gasteiger partial charge in [0, 0.05) is 6.42 Å². The van der Waals surface area contributed by atoms with Crippen LogP contribution in [0, 0.1) is 0 Å². The van der Waals surface area contributed by atoms with Crippen molar-refractivity contribution in [3.8, 4) is 5.75 Å². The molecule has 1 aliphatic rings. The minimum Gasteiger partial charge on any atom is -0.487 e. The highest BCUT2D eigenvalue weighted by atomic mass is 16.5. The van der Waals surface area contributed by atoms with E-state index in [4.69, 9.17) is 9.15 Å². The summed E-state index contributed by atoms with van der Waals surface area (Å²) in [5.74, 6) is 1.96. The Kier molecular flexibility index (Phi) is 3.30. The van der Waals surface area contributed by atoms with Crippen LogP contribution in [0.25, 0.3) is 0 Å². The van der Waals surface area contributed by atoms with Gasteiger partial charge in [-0.05, 0) is 55.8 Å². The molecule has 2 aromatic rings. The number of hydrogen-bond acceptors (Lipinski definition) is 3. The molecule has 0 bridgehead atoms. The van der Waals surface area contributed by atoms with Crippen molar-refractivity contribution in [1.82, 2.24) is 5.32 Å². The monoisotopic (exact) mass is 271 g/mol. The third kappa shape index (κ3) is 2.46. The first kappa shape index (κ1) is 13.3. The number of ether oxygens (including phenoxy) is 1. The lowest BCUT2D eigenvalue weighted by atomic mass is 9.97. The SMILES string of the molecule is CCNC(c1ccc2c(c1)CC(C)(C)O2)c1ccco1. The minimum absolute atomic E-state index is 0.0979. The second-order valence-electron chi connectivity index (χ2n) is 5.91. The maximum atomic E-state index is 5.94. The molecule has 1 unspecified atom stereocenters. The van der Waals surface area contributed by atoms with Gasteiger partial charge in [0.05, 0.1) is 12.3 Å². The summed E-state index contributed by atoms with van der Waals surface area (Å²) < 4.78 is 11.5. The average Bonchev–Trinajstić information content (AvgIpc) is 3.00. The van der Waals surface area contributed by atoms with Crippen molar-refractivity contribution in [2.24, 2.45) is 0 Å². The van der Waals surface area contributed by atoms with E-state index in [1.807, 2.05) is 12.1 Å². The topological polar surface area (TPSA) is 34.4 Å². The van der Waals surface area contributed by atoms with Crippen LogP contribution in [-0.4, -0.2) is 12.1 Å². The fourth-order valence-corrected chi connectivity index (χ4v) is 2.85. The van der Waals surface area contributed by atoms with Gasteiger partial charge in [0.15, 0.2) is 0 Å². The second kappa shape index (κ2) is 4.98. The van der Waals surface area contributed by atoms with Gasteiger partial charge in [-0.15, -0.1) is 0 Å². The minimum atomic E-state index is -0.0979. The zero-order chi connectivity index (χ0) is 14.2. The predicted molar refractivity (Wildman–Crippen MR) is 79.1 cm³/mol. The molecule has 0 aliphatic carbocycles. The van der Waals surface area contributed by atoms with E-state index in [1.54, 1.807) is 6.26 Å². The molecule has 3 nitrogen and oxygen atoms in total. The van der Waals surface area contributed by atoms with Crippen LogP contribution in [0.2, 0.25) is 0 Å². The molecule has 1 N–H and O–H groups in total. The lowest BCUT2D eigenvalue weighted by Gasteiger charge is -2.17. The van der Waals surface area contributed by atoms with E-state index in [0.29, 0.717) is 0 Å². The quantitative estimate of drug-likeness (QED) is 0.921. The summed E-state index contributed by atoms with van der Waals surface area (Å²) in [6, 6.07) is 10.5. The highest BCUT2D eigenvalue weighted by Crippen LogP contribution is 2.37. The Balaban J connectivity index is 1.94. The lowest BCUT2D eigenvalue weighted by molar-refractivity contribution is 0.138. The highest BCUT2D eigenvalue weighted by molar-refractivity contribution is 5.44. The zero-order valence-electron chi connectivity index (χ0n) is 12.3. The van der Waals surface area contributed by atoms with Crippen LogP contribution in [0.5, 0.6) is 5.75 Å². The van der Waals surface area contributed by atoms with E-state index in [9.17, 15) is 0 Å². The molecule has 0 saturated heterocycles.